The standard InChI is InChI=1S/C28H43N5O2/c1-3-4-5-6-7-8-9-10-11-12-14-24-15-20-27(28(23-24)33(34)35)31-30-25-16-18-26(19-17-25)32(2)22-13-21-29/h15-20,23H,3-14,21-22,29H2,1-2H3/b31-30+. The Kier molecular flexibility index (Phi) is 13.6. The van der Waals surface area contributed by atoms with Gasteiger partial charge >= 0.3 is 0 Å². The Morgan fingerprint density at radius 3 is 2.09 bits per heavy atom. The van der Waals surface area contributed by atoms with Crippen LogP contribution < -0.4 is 10.6 Å². The lowest BCUT2D eigenvalue weighted by atomic mass is 10.0. The lowest BCUT2D eigenvalue weighted by Gasteiger charge is -2.18. The average Bonchev–Trinajstić information content (AvgIpc) is 2.87. The van der Waals surface area contributed by atoms with E-state index in [1.54, 1.807) is 12.1 Å². The van der Waals surface area contributed by atoms with Gasteiger partial charge in [0.15, 0.2) is 5.69 Å². The summed E-state index contributed by atoms with van der Waals surface area (Å²) >= 11 is 0. The number of nitrogens with two attached hydrogens (primary N) is 1. The Hall–Kier alpha value is -2.80. The fourth-order valence-corrected chi connectivity index (χ4v) is 4.11. The average molecular weight is 482 g/mol. The van der Waals surface area contributed by atoms with E-state index in [1.807, 2.05) is 37.4 Å². The molecule has 2 N–H and O–H groups in total. The minimum atomic E-state index is -0.369. The molecule has 35 heavy (non-hydrogen) atoms. The fourth-order valence-electron chi connectivity index (χ4n) is 4.11. The van der Waals surface area contributed by atoms with Gasteiger partial charge in [0.2, 0.25) is 0 Å². The maximum Gasteiger partial charge on any atom is 0.296 e. The van der Waals surface area contributed by atoms with E-state index < -0.39 is 0 Å². The summed E-state index contributed by atoms with van der Waals surface area (Å²) in [6, 6.07) is 13.0. The molecule has 2 aromatic rings. The van der Waals surface area contributed by atoms with Crippen LogP contribution in [0.5, 0.6) is 0 Å². The van der Waals surface area contributed by atoms with Crippen molar-refractivity contribution in [3.8, 4) is 0 Å². The Balaban J connectivity index is 1.84. The molecule has 0 heterocycles. The lowest BCUT2D eigenvalue weighted by molar-refractivity contribution is -0.384. The molecule has 0 saturated carbocycles. The number of nitro benzene ring substituents is 1. The number of aryl methyl sites for hydroxylation is 1. The van der Waals surface area contributed by atoms with Gasteiger partial charge in [-0.25, -0.2) is 0 Å². The smallest absolute Gasteiger partial charge is 0.296 e. The van der Waals surface area contributed by atoms with Crippen molar-refractivity contribution < 1.29 is 4.92 Å². The number of hydrogen-bond acceptors (Lipinski definition) is 6. The SMILES string of the molecule is CCCCCCCCCCCCc1ccc(/N=N/c2ccc(N(C)CCCN)cc2)c([N+](=O)[O-])c1. The van der Waals surface area contributed by atoms with Crippen molar-refractivity contribution in [2.45, 2.75) is 84.0 Å². The van der Waals surface area contributed by atoms with Gasteiger partial charge in [-0.15, -0.1) is 5.11 Å². The van der Waals surface area contributed by atoms with Gasteiger partial charge < -0.3 is 10.6 Å². The quantitative estimate of drug-likeness (QED) is 0.100. The number of nitro groups is 1. The highest BCUT2D eigenvalue weighted by Crippen LogP contribution is 2.31. The van der Waals surface area contributed by atoms with Gasteiger partial charge in [-0.3, -0.25) is 10.1 Å². The molecule has 7 nitrogen and oxygen atoms in total. The second kappa shape index (κ2) is 16.8. The second-order valence-corrected chi connectivity index (χ2v) is 9.29. The predicted molar refractivity (Wildman–Crippen MR) is 146 cm³/mol. The first kappa shape index (κ1) is 28.4. The molecule has 0 aliphatic heterocycles. The maximum absolute atomic E-state index is 11.6. The summed E-state index contributed by atoms with van der Waals surface area (Å²) in [7, 11) is 2.02. The van der Waals surface area contributed by atoms with Crippen LogP contribution >= 0.6 is 0 Å². The number of rotatable bonds is 18. The molecule has 0 fully saturated rings. The first-order valence-corrected chi connectivity index (χ1v) is 13.3. The van der Waals surface area contributed by atoms with E-state index in [0.717, 1.165) is 37.1 Å². The van der Waals surface area contributed by atoms with Gasteiger partial charge in [0, 0.05) is 25.3 Å². The van der Waals surface area contributed by atoms with Crippen molar-refractivity contribution in [1.82, 2.24) is 0 Å². The molecular weight excluding hydrogens is 438 g/mol. The summed E-state index contributed by atoms with van der Waals surface area (Å²) < 4.78 is 0. The largest absolute Gasteiger partial charge is 0.375 e. The van der Waals surface area contributed by atoms with Gasteiger partial charge in [-0.05, 0) is 61.7 Å². The molecule has 0 spiro atoms. The summed E-state index contributed by atoms with van der Waals surface area (Å²) in [5.41, 5.74) is 8.58. The van der Waals surface area contributed by atoms with Crippen LogP contribution in [0.15, 0.2) is 52.7 Å². The van der Waals surface area contributed by atoms with Crippen molar-refractivity contribution in [3.05, 3.63) is 58.1 Å². The Labute approximate surface area is 211 Å². The maximum atomic E-state index is 11.6. The highest BCUT2D eigenvalue weighted by atomic mass is 16.6. The zero-order chi connectivity index (χ0) is 25.3. The number of benzene rings is 2. The summed E-state index contributed by atoms with van der Waals surface area (Å²) in [6.07, 6.45) is 14.6. The van der Waals surface area contributed by atoms with Crippen LogP contribution in [0.4, 0.5) is 22.7 Å². The fraction of sp³-hybridized carbons (Fsp3) is 0.571. The molecule has 0 amide bonds. The first-order valence-electron chi connectivity index (χ1n) is 13.3. The second-order valence-electron chi connectivity index (χ2n) is 9.29. The number of hydrogen-bond donors (Lipinski definition) is 1. The van der Waals surface area contributed by atoms with E-state index in [1.165, 1.54) is 57.8 Å². The van der Waals surface area contributed by atoms with Gasteiger partial charge in [0.25, 0.3) is 5.69 Å². The molecule has 2 aromatic carbocycles. The zero-order valence-electron chi connectivity index (χ0n) is 21.6. The molecule has 0 aliphatic rings. The van der Waals surface area contributed by atoms with Crippen molar-refractivity contribution in [3.63, 3.8) is 0 Å². The Morgan fingerprint density at radius 1 is 0.857 bits per heavy atom. The molecule has 0 aliphatic carbocycles. The minimum absolute atomic E-state index is 0.0106. The van der Waals surface area contributed by atoms with Crippen LogP contribution in [0.3, 0.4) is 0 Å². The molecule has 0 radical (unpaired) electrons. The molecule has 192 valence electrons. The number of azo groups is 1. The molecule has 0 unspecified atom stereocenters. The molecule has 0 saturated heterocycles. The summed E-state index contributed by atoms with van der Waals surface area (Å²) in [4.78, 5) is 13.4. The van der Waals surface area contributed by atoms with E-state index >= 15 is 0 Å². The van der Waals surface area contributed by atoms with Crippen molar-refractivity contribution in [2.24, 2.45) is 16.0 Å². The van der Waals surface area contributed by atoms with E-state index in [0.29, 0.717) is 12.2 Å². The minimum Gasteiger partial charge on any atom is -0.375 e. The van der Waals surface area contributed by atoms with E-state index in [4.69, 9.17) is 5.73 Å². The van der Waals surface area contributed by atoms with Crippen LogP contribution in [-0.2, 0) is 6.42 Å². The molecular formula is C28H43N5O2. The molecule has 0 aromatic heterocycles. The van der Waals surface area contributed by atoms with Crippen molar-refractivity contribution in [1.29, 1.82) is 0 Å². The monoisotopic (exact) mass is 481 g/mol. The highest BCUT2D eigenvalue weighted by molar-refractivity contribution is 5.59. The predicted octanol–water partition coefficient (Wildman–Crippen LogP) is 8.26. The third-order valence-corrected chi connectivity index (χ3v) is 6.32. The van der Waals surface area contributed by atoms with E-state index in [2.05, 4.69) is 22.1 Å². The van der Waals surface area contributed by atoms with Crippen molar-refractivity contribution >= 4 is 22.7 Å². The summed E-state index contributed by atoms with van der Waals surface area (Å²) in [6.45, 7) is 3.79. The molecule has 2 rings (SSSR count). The van der Waals surface area contributed by atoms with Crippen LogP contribution in [-0.4, -0.2) is 25.1 Å². The van der Waals surface area contributed by atoms with Gasteiger partial charge in [0.1, 0.15) is 0 Å². The third kappa shape index (κ3) is 11.0. The molecule has 0 bridgehead atoms. The van der Waals surface area contributed by atoms with Crippen LogP contribution in [0.2, 0.25) is 0 Å². The molecule has 7 heteroatoms. The third-order valence-electron chi connectivity index (χ3n) is 6.32. The Morgan fingerprint density at radius 2 is 1.49 bits per heavy atom. The highest BCUT2D eigenvalue weighted by Gasteiger charge is 2.14. The van der Waals surface area contributed by atoms with Crippen LogP contribution in [0.1, 0.15) is 83.1 Å². The zero-order valence-corrected chi connectivity index (χ0v) is 21.6. The van der Waals surface area contributed by atoms with Gasteiger partial charge in [-0.2, -0.15) is 5.11 Å². The first-order chi connectivity index (χ1) is 17.0. The normalized spacial score (nSPS) is 11.3. The van der Waals surface area contributed by atoms with Gasteiger partial charge in [0.05, 0.1) is 10.6 Å². The van der Waals surface area contributed by atoms with Crippen LogP contribution in [0.25, 0.3) is 0 Å². The summed E-state index contributed by atoms with van der Waals surface area (Å²) in [5, 5.41) is 20.0. The van der Waals surface area contributed by atoms with Gasteiger partial charge in [-0.1, -0.05) is 70.8 Å². The number of anilines is 1. The Bertz CT molecular complexity index is 899. The van der Waals surface area contributed by atoms with E-state index in [9.17, 15) is 10.1 Å². The number of nitrogens with zero attached hydrogens (tertiary/aromatic N) is 4. The van der Waals surface area contributed by atoms with Crippen molar-refractivity contribution in [2.75, 3.05) is 25.0 Å². The lowest BCUT2D eigenvalue weighted by Crippen LogP contribution is -2.20. The summed E-state index contributed by atoms with van der Waals surface area (Å²) in [5.74, 6) is 0. The van der Waals surface area contributed by atoms with E-state index in [-0.39, 0.29) is 16.3 Å². The topological polar surface area (TPSA) is 97.1 Å². The van der Waals surface area contributed by atoms with Crippen LogP contribution in [0, 0.1) is 10.1 Å². The number of unbranched alkanes of at least 4 members (excludes halogenated alkanes) is 9. The molecule has 0 atom stereocenters.